The zero-order chi connectivity index (χ0) is 17.1. The van der Waals surface area contributed by atoms with E-state index >= 15 is 0 Å². The van der Waals surface area contributed by atoms with Gasteiger partial charge >= 0.3 is 6.03 Å². The standard InChI is InChI=1S/C16H25N5O3/c1-3-13-8-18-14(24-13)10-19(2)12-4-6-20(9-12)11-15(22)21-7-5-17-16(21)23/h8,12H,3-7,9-11H2,1-2H3,(H,17,23). The summed E-state index contributed by atoms with van der Waals surface area (Å²) in [5.74, 6) is 1.52. The lowest BCUT2D eigenvalue weighted by Crippen LogP contribution is -2.42. The third-order valence-corrected chi connectivity index (χ3v) is 4.72. The fraction of sp³-hybridized carbons (Fsp3) is 0.688. The van der Waals surface area contributed by atoms with Gasteiger partial charge in [0.15, 0.2) is 0 Å². The van der Waals surface area contributed by atoms with E-state index < -0.39 is 0 Å². The molecule has 8 heteroatoms. The number of nitrogens with zero attached hydrogens (tertiary/aromatic N) is 4. The van der Waals surface area contributed by atoms with Crippen LogP contribution in [0.4, 0.5) is 4.79 Å². The molecule has 0 spiro atoms. The second kappa shape index (κ2) is 7.31. The van der Waals surface area contributed by atoms with Crippen LogP contribution in [-0.2, 0) is 17.8 Å². The van der Waals surface area contributed by atoms with E-state index in [1.165, 1.54) is 4.90 Å². The molecule has 0 radical (unpaired) electrons. The predicted molar refractivity (Wildman–Crippen MR) is 87.3 cm³/mol. The fourth-order valence-electron chi connectivity index (χ4n) is 3.23. The maximum absolute atomic E-state index is 12.2. The minimum atomic E-state index is -0.275. The molecule has 1 atom stereocenters. The first-order chi connectivity index (χ1) is 11.6. The van der Waals surface area contributed by atoms with E-state index in [1.54, 1.807) is 6.20 Å². The highest BCUT2D eigenvalue weighted by molar-refractivity contribution is 5.96. The number of aryl methyl sites for hydroxylation is 1. The number of likely N-dealkylation sites (N-methyl/N-ethyl adjacent to an activating group) is 1. The van der Waals surface area contributed by atoms with Gasteiger partial charge in [-0.05, 0) is 13.5 Å². The van der Waals surface area contributed by atoms with Crippen LogP contribution in [0.2, 0.25) is 0 Å². The number of amides is 3. The topological polar surface area (TPSA) is 81.9 Å². The summed E-state index contributed by atoms with van der Waals surface area (Å²) < 4.78 is 5.66. The second-order valence-corrected chi connectivity index (χ2v) is 6.44. The molecular formula is C16H25N5O3. The molecule has 0 saturated carbocycles. The quantitative estimate of drug-likeness (QED) is 0.805. The van der Waals surface area contributed by atoms with Crippen molar-refractivity contribution >= 4 is 11.9 Å². The summed E-state index contributed by atoms with van der Waals surface area (Å²) in [7, 11) is 2.06. The molecule has 0 bridgehead atoms. The Morgan fingerprint density at radius 1 is 1.50 bits per heavy atom. The van der Waals surface area contributed by atoms with Crippen LogP contribution in [0.15, 0.2) is 10.6 Å². The van der Waals surface area contributed by atoms with Crippen molar-refractivity contribution in [1.82, 2.24) is 25.0 Å². The molecule has 1 unspecified atom stereocenters. The van der Waals surface area contributed by atoms with Gasteiger partial charge in [-0.25, -0.2) is 9.78 Å². The van der Waals surface area contributed by atoms with Crippen molar-refractivity contribution in [2.45, 2.75) is 32.4 Å². The largest absolute Gasteiger partial charge is 0.444 e. The first-order valence-corrected chi connectivity index (χ1v) is 8.51. The number of likely N-dealkylation sites (tertiary alicyclic amines) is 1. The average molecular weight is 335 g/mol. The maximum atomic E-state index is 12.2. The highest BCUT2D eigenvalue weighted by Gasteiger charge is 2.31. The number of rotatable bonds is 6. The summed E-state index contributed by atoms with van der Waals surface area (Å²) in [6.07, 6.45) is 3.63. The van der Waals surface area contributed by atoms with Crippen LogP contribution in [0.1, 0.15) is 25.0 Å². The zero-order valence-corrected chi connectivity index (χ0v) is 14.3. The number of carbonyl (C=O) groups excluding carboxylic acids is 2. The van der Waals surface area contributed by atoms with Crippen molar-refractivity contribution < 1.29 is 14.0 Å². The molecular weight excluding hydrogens is 310 g/mol. The van der Waals surface area contributed by atoms with Gasteiger partial charge in [-0.2, -0.15) is 0 Å². The van der Waals surface area contributed by atoms with Crippen LogP contribution in [0.3, 0.4) is 0 Å². The van der Waals surface area contributed by atoms with Crippen molar-refractivity contribution in [2.24, 2.45) is 0 Å². The predicted octanol–water partition coefficient (Wildman–Crippen LogP) is 0.295. The number of hydrogen-bond donors (Lipinski definition) is 1. The van der Waals surface area contributed by atoms with E-state index in [4.69, 9.17) is 4.42 Å². The SMILES string of the molecule is CCc1cnc(CN(C)C2CCN(CC(=O)N3CCNC3=O)C2)o1. The summed E-state index contributed by atoms with van der Waals surface area (Å²) in [5, 5.41) is 2.66. The average Bonchev–Trinajstić information content (AvgIpc) is 3.27. The van der Waals surface area contributed by atoms with Gasteiger partial charge in [0.1, 0.15) is 5.76 Å². The van der Waals surface area contributed by atoms with Crippen LogP contribution in [-0.4, -0.2) is 77.4 Å². The Labute approximate surface area is 141 Å². The van der Waals surface area contributed by atoms with Gasteiger partial charge in [0.25, 0.3) is 0 Å². The summed E-state index contributed by atoms with van der Waals surface area (Å²) in [6.45, 7) is 5.71. The van der Waals surface area contributed by atoms with E-state index in [1.807, 2.05) is 6.92 Å². The van der Waals surface area contributed by atoms with Crippen molar-refractivity contribution in [3.8, 4) is 0 Å². The number of carbonyl (C=O) groups is 2. The normalized spacial score (nSPS) is 21.7. The summed E-state index contributed by atoms with van der Waals surface area (Å²) in [4.78, 5) is 33.7. The maximum Gasteiger partial charge on any atom is 0.324 e. The van der Waals surface area contributed by atoms with Gasteiger partial charge in [0.2, 0.25) is 11.8 Å². The van der Waals surface area contributed by atoms with E-state index in [0.717, 1.165) is 37.6 Å². The van der Waals surface area contributed by atoms with Crippen molar-refractivity contribution in [3.05, 3.63) is 17.8 Å². The van der Waals surface area contributed by atoms with Crippen LogP contribution in [0.5, 0.6) is 0 Å². The van der Waals surface area contributed by atoms with E-state index in [-0.39, 0.29) is 11.9 Å². The molecule has 2 fully saturated rings. The minimum Gasteiger partial charge on any atom is -0.444 e. The lowest BCUT2D eigenvalue weighted by Gasteiger charge is -2.23. The molecule has 1 aromatic rings. The van der Waals surface area contributed by atoms with Gasteiger partial charge in [-0.1, -0.05) is 6.92 Å². The Morgan fingerprint density at radius 2 is 2.33 bits per heavy atom. The van der Waals surface area contributed by atoms with E-state index in [9.17, 15) is 9.59 Å². The molecule has 2 aliphatic rings. The Morgan fingerprint density at radius 3 is 3.00 bits per heavy atom. The van der Waals surface area contributed by atoms with Crippen LogP contribution >= 0.6 is 0 Å². The third kappa shape index (κ3) is 3.76. The van der Waals surface area contributed by atoms with Crippen LogP contribution in [0.25, 0.3) is 0 Å². The Bertz CT molecular complexity index is 602. The smallest absolute Gasteiger partial charge is 0.324 e. The third-order valence-electron chi connectivity index (χ3n) is 4.72. The van der Waals surface area contributed by atoms with Crippen molar-refractivity contribution in [3.63, 3.8) is 0 Å². The van der Waals surface area contributed by atoms with Crippen molar-refractivity contribution in [1.29, 1.82) is 0 Å². The molecule has 0 aliphatic carbocycles. The highest BCUT2D eigenvalue weighted by Crippen LogP contribution is 2.17. The fourth-order valence-corrected chi connectivity index (χ4v) is 3.23. The Hall–Kier alpha value is -1.93. The van der Waals surface area contributed by atoms with Crippen molar-refractivity contribution in [2.75, 3.05) is 39.8 Å². The molecule has 3 amide bonds. The molecule has 2 aliphatic heterocycles. The Kier molecular flexibility index (Phi) is 5.15. The van der Waals surface area contributed by atoms with Gasteiger partial charge in [0.05, 0.1) is 19.3 Å². The molecule has 2 saturated heterocycles. The first kappa shape index (κ1) is 16.9. The monoisotopic (exact) mass is 335 g/mol. The number of nitrogens with one attached hydrogen (secondary N) is 1. The number of oxazole rings is 1. The second-order valence-electron chi connectivity index (χ2n) is 6.44. The molecule has 3 heterocycles. The summed E-state index contributed by atoms with van der Waals surface area (Å²) in [6, 6.07) is 0.0886. The molecule has 24 heavy (non-hydrogen) atoms. The van der Waals surface area contributed by atoms with Gasteiger partial charge in [-0.15, -0.1) is 0 Å². The van der Waals surface area contributed by atoms with Crippen LogP contribution < -0.4 is 5.32 Å². The molecule has 132 valence electrons. The van der Waals surface area contributed by atoms with Gasteiger partial charge in [-0.3, -0.25) is 19.5 Å². The van der Waals surface area contributed by atoms with E-state index in [0.29, 0.717) is 32.2 Å². The van der Waals surface area contributed by atoms with Gasteiger partial charge < -0.3 is 9.73 Å². The number of hydrogen-bond acceptors (Lipinski definition) is 6. The summed E-state index contributed by atoms with van der Waals surface area (Å²) in [5.41, 5.74) is 0. The molecule has 1 N–H and O–H groups in total. The molecule has 1 aromatic heterocycles. The lowest BCUT2D eigenvalue weighted by molar-refractivity contribution is -0.128. The first-order valence-electron chi connectivity index (χ1n) is 8.51. The molecule has 8 nitrogen and oxygen atoms in total. The molecule has 3 rings (SSSR count). The summed E-state index contributed by atoms with van der Waals surface area (Å²) >= 11 is 0. The zero-order valence-electron chi connectivity index (χ0n) is 14.3. The number of urea groups is 1. The lowest BCUT2D eigenvalue weighted by atomic mass is 10.2. The number of imide groups is 1. The van der Waals surface area contributed by atoms with E-state index in [2.05, 4.69) is 27.1 Å². The Balaban J connectivity index is 1.47. The van der Waals surface area contributed by atoms with Crippen LogP contribution in [0, 0.1) is 0 Å². The van der Waals surface area contributed by atoms with Gasteiger partial charge in [0, 0.05) is 38.6 Å². The minimum absolute atomic E-state index is 0.117. The molecule has 0 aromatic carbocycles. The highest BCUT2D eigenvalue weighted by atomic mass is 16.4. The number of aromatic nitrogens is 1.